The van der Waals surface area contributed by atoms with E-state index in [1.807, 2.05) is 18.2 Å². The van der Waals surface area contributed by atoms with Gasteiger partial charge in [0.05, 0.1) is 4.47 Å². The van der Waals surface area contributed by atoms with Crippen molar-refractivity contribution in [2.45, 2.75) is 65.5 Å². The van der Waals surface area contributed by atoms with Gasteiger partial charge in [-0.05, 0) is 70.1 Å². The molecule has 8 heteroatoms. The first-order valence-corrected chi connectivity index (χ1v) is 12.9. The van der Waals surface area contributed by atoms with Crippen LogP contribution in [0.2, 0.25) is 10.0 Å². The number of hydrogen-bond acceptors (Lipinski definition) is 3. The Morgan fingerprint density at radius 1 is 1.15 bits per heavy atom. The molecule has 0 bridgehead atoms. The first-order valence-electron chi connectivity index (χ1n) is 11.4. The van der Waals surface area contributed by atoms with Crippen LogP contribution in [0.25, 0.3) is 0 Å². The summed E-state index contributed by atoms with van der Waals surface area (Å²) in [5.74, 6) is 0.0180. The van der Waals surface area contributed by atoms with Crippen molar-refractivity contribution in [2.24, 2.45) is 0 Å². The van der Waals surface area contributed by atoms with Gasteiger partial charge in [0.2, 0.25) is 5.91 Å². The number of benzene rings is 2. The van der Waals surface area contributed by atoms with E-state index >= 15 is 0 Å². The maximum atomic E-state index is 13.2. The van der Waals surface area contributed by atoms with Crippen molar-refractivity contribution in [3.8, 4) is 5.75 Å². The van der Waals surface area contributed by atoms with E-state index in [0.29, 0.717) is 27.9 Å². The lowest BCUT2D eigenvalue weighted by Crippen LogP contribution is -2.49. The highest BCUT2D eigenvalue weighted by Crippen LogP contribution is 2.31. The van der Waals surface area contributed by atoms with Crippen molar-refractivity contribution >= 4 is 50.9 Å². The first kappa shape index (κ1) is 28.5. The number of nitrogens with zero attached hydrogens (tertiary/aromatic N) is 1. The summed E-state index contributed by atoms with van der Waals surface area (Å²) >= 11 is 15.9. The Morgan fingerprint density at radius 2 is 1.85 bits per heavy atom. The molecule has 1 atom stereocenters. The molecule has 0 aliphatic carbocycles. The molecule has 1 N–H and O–H groups in total. The van der Waals surface area contributed by atoms with Crippen LogP contribution >= 0.6 is 39.1 Å². The molecule has 2 rings (SSSR count). The Balaban J connectivity index is 2.20. The Labute approximate surface area is 221 Å². The minimum atomic E-state index is -0.702. The number of unbranched alkanes of at least 4 members (excludes halogenated alkanes) is 1. The lowest BCUT2D eigenvalue weighted by Gasteiger charge is -2.29. The minimum Gasteiger partial charge on any atom is -0.483 e. The second kappa shape index (κ2) is 12.8. The summed E-state index contributed by atoms with van der Waals surface area (Å²) in [4.78, 5) is 27.5. The standard InChI is InChI=1S/C26H33BrCl2N2O3/c1-6-7-12-30-25(33)17(2)31(15-18-8-10-20(28)14-22(18)29)24(32)16-34-23-11-9-19(13-21(23)27)26(3,4)5/h8-11,13-14,17H,6-7,12,15-16H2,1-5H3,(H,30,33)/t17-/m1/s1. The van der Waals surface area contributed by atoms with Crippen LogP contribution in [0.5, 0.6) is 5.75 Å². The number of halogens is 3. The molecule has 0 saturated carbocycles. The predicted molar refractivity (Wildman–Crippen MR) is 143 cm³/mol. The second-order valence-corrected chi connectivity index (χ2v) is 11.0. The van der Waals surface area contributed by atoms with Crippen molar-refractivity contribution in [2.75, 3.05) is 13.2 Å². The van der Waals surface area contributed by atoms with Crippen molar-refractivity contribution < 1.29 is 14.3 Å². The fourth-order valence-electron chi connectivity index (χ4n) is 3.26. The summed E-state index contributed by atoms with van der Waals surface area (Å²) < 4.78 is 6.61. The van der Waals surface area contributed by atoms with Gasteiger partial charge in [-0.3, -0.25) is 9.59 Å². The van der Waals surface area contributed by atoms with Gasteiger partial charge in [-0.1, -0.05) is 69.5 Å². The summed E-state index contributed by atoms with van der Waals surface area (Å²) in [5, 5.41) is 3.84. The van der Waals surface area contributed by atoms with Crippen LogP contribution in [0.1, 0.15) is 58.6 Å². The van der Waals surface area contributed by atoms with E-state index in [0.717, 1.165) is 22.9 Å². The fraction of sp³-hybridized carbons (Fsp3) is 0.462. The highest BCUT2D eigenvalue weighted by Gasteiger charge is 2.27. The minimum absolute atomic E-state index is 0.00785. The molecule has 0 aromatic heterocycles. The van der Waals surface area contributed by atoms with E-state index in [-0.39, 0.29) is 30.4 Å². The molecule has 0 fully saturated rings. The number of carbonyl (C=O) groups excluding carboxylic acids is 2. The Bertz CT molecular complexity index is 1010. The van der Waals surface area contributed by atoms with E-state index in [1.54, 1.807) is 25.1 Å². The zero-order valence-corrected chi connectivity index (χ0v) is 23.5. The SMILES string of the molecule is CCCCNC(=O)[C@@H](C)N(Cc1ccc(Cl)cc1Cl)C(=O)COc1ccc(C(C)(C)C)cc1Br. The highest BCUT2D eigenvalue weighted by atomic mass is 79.9. The molecular weight excluding hydrogens is 539 g/mol. The van der Waals surface area contributed by atoms with E-state index in [9.17, 15) is 9.59 Å². The van der Waals surface area contributed by atoms with Crippen LogP contribution in [-0.4, -0.2) is 35.9 Å². The van der Waals surface area contributed by atoms with E-state index in [4.69, 9.17) is 27.9 Å². The summed E-state index contributed by atoms with van der Waals surface area (Å²) in [6.45, 7) is 10.7. The van der Waals surface area contributed by atoms with Gasteiger partial charge >= 0.3 is 0 Å². The monoisotopic (exact) mass is 570 g/mol. The smallest absolute Gasteiger partial charge is 0.261 e. The number of amides is 2. The molecule has 5 nitrogen and oxygen atoms in total. The zero-order valence-electron chi connectivity index (χ0n) is 20.4. The average molecular weight is 572 g/mol. The van der Waals surface area contributed by atoms with Crippen molar-refractivity contribution in [1.82, 2.24) is 10.2 Å². The number of rotatable bonds is 10. The highest BCUT2D eigenvalue weighted by molar-refractivity contribution is 9.10. The first-order chi connectivity index (χ1) is 15.9. The van der Waals surface area contributed by atoms with Crippen LogP contribution in [0.15, 0.2) is 40.9 Å². The summed E-state index contributed by atoms with van der Waals surface area (Å²) in [7, 11) is 0. The lowest BCUT2D eigenvalue weighted by atomic mass is 9.87. The third-order valence-corrected chi connectivity index (χ3v) is 6.71. The van der Waals surface area contributed by atoms with Gasteiger partial charge < -0.3 is 15.0 Å². The molecule has 2 aromatic rings. The van der Waals surface area contributed by atoms with Crippen molar-refractivity contribution in [3.05, 3.63) is 62.0 Å². The van der Waals surface area contributed by atoms with Crippen molar-refractivity contribution in [3.63, 3.8) is 0 Å². The molecule has 2 aromatic carbocycles. The molecule has 2 amide bonds. The summed E-state index contributed by atoms with van der Waals surface area (Å²) in [6, 6.07) is 10.2. The molecule has 0 aliphatic rings. The lowest BCUT2D eigenvalue weighted by molar-refractivity contribution is -0.142. The molecule has 0 spiro atoms. The molecule has 0 radical (unpaired) electrons. The topological polar surface area (TPSA) is 58.6 Å². The normalized spacial score (nSPS) is 12.2. The quantitative estimate of drug-likeness (QED) is 0.320. The molecule has 0 heterocycles. The molecule has 0 saturated heterocycles. The zero-order chi connectivity index (χ0) is 25.5. The second-order valence-electron chi connectivity index (χ2n) is 9.26. The molecule has 34 heavy (non-hydrogen) atoms. The van der Waals surface area contributed by atoms with Gasteiger partial charge in [-0.15, -0.1) is 0 Å². The van der Waals surface area contributed by atoms with Crippen LogP contribution in [0, 0.1) is 0 Å². The fourth-order valence-corrected chi connectivity index (χ4v) is 4.22. The molecule has 186 valence electrons. The van der Waals surface area contributed by atoms with Gasteiger partial charge in [-0.25, -0.2) is 0 Å². The van der Waals surface area contributed by atoms with Gasteiger partial charge in [0.15, 0.2) is 6.61 Å². The number of carbonyl (C=O) groups is 2. The Kier molecular flexibility index (Phi) is 10.7. The van der Waals surface area contributed by atoms with E-state index in [1.165, 1.54) is 4.90 Å². The number of ether oxygens (including phenoxy) is 1. The Morgan fingerprint density at radius 3 is 2.44 bits per heavy atom. The third kappa shape index (κ3) is 8.17. The molecule has 0 aliphatic heterocycles. The maximum absolute atomic E-state index is 13.2. The summed E-state index contributed by atoms with van der Waals surface area (Å²) in [5.41, 5.74) is 1.84. The van der Waals surface area contributed by atoms with Gasteiger partial charge in [0, 0.05) is 23.1 Å². The van der Waals surface area contributed by atoms with Crippen LogP contribution < -0.4 is 10.1 Å². The number of hydrogen-bond donors (Lipinski definition) is 1. The van der Waals surface area contributed by atoms with Gasteiger partial charge in [-0.2, -0.15) is 0 Å². The number of nitrogens with one attached hydrogen (secondary N) is 1. The largest absolute Gasteiger partial charge is 0.483 e. The van der Waals surface area contributed by atoms with Crippen LogP contribution in [0.4, 0.5) is 0 Å². The van der Waals surface area contributed by atoms with Gasteiger partial charge in [0.1, 0.15) is 11.8 Å². The third-order valence-electron chi connectivity index (χ3n) is 5.50. The van der Waals surface area contributed by atoms with E-state index in [2.05, 4.69) is 48.9 Å². The van der Waals surface area contributed by atoms with Crippen molar-refractivity contribution in [1.29, 1.82) is 0 Å². The maximum Gasteiger partial charge on any atom is 0.261 e. The molecular formula is C26H33BrCl2N2O3. The van der Waals surface area contributed by atoms with Gasteiger partial charge in [0.25, 0.3) is 5.91 Å². The Hall–Kier alpha value is -1.76. The predicted octanol–water partition coefficient (Wildman–Crippen LogP) is 6.77. The van der Waals surface area contributed by atoms with Crippen LogP contribution in [0.3, 0.4) is 0 Å². The van der Waals surface area contributed by atoms with E-state index < -0.39 is 6.04 Å². The summed E-state index contributed by atoms with van der Waals surface area (Å²) in [6.07, 6.45) is 1.84. The average Bonchev–Trinajstić information content (AvgIpc) is 2.76. The molecule has 0 unspecified atom stereocenters. The van der Waals surface area contributed by atoms with Crippen LogP contribution in [-0.2, 0) is 21.5 Å².